The van der Waals surface area contributed by atoms with E-state index in [4.69, 9.17) is 11.6 Å². The van der Waals surface area contributed by atoms with Crippen molar-refractivity contribution in [1.82, 2.24) is 0 Å². The molecule has 0 amide bonds. The Labute approximate surface area is 82.5 Å². The minimum atomic E-state index is 0.553. The fourth-order valence-electron chi connectivity index (χ4n) is 1.10. The second-order valence-corrected chi connectivity index (χ2v) is 4.60. The molecule has 0 spiro atoms. The molecule has 0 bridgehead atoms. The van der Waals surface area contributed by atoms with Crippen LogP contribution in [-0.4, -0.2) is 14.5 Å². The summed E-state index contributed by atoms with van der Waals surface area (Å²) in [7, 11) is 0. The molecule has 60 valence electrons. The molecule has 1 heterocycles. The maximum atomic E-state index is 5.88. The van der Waals surface area contributed by atoms with E-state index in [1.165, 1.54) is 11.1 Å². The van der Waals surface area contributed by atoms with E-state index in [-0.39, 0.29) is 0 Å². The molecule has 2 heteroatoms. The molecule has 0 N–H and O–H groups in total. The quantitative estimate of drug-likeness (QED) is 0.673. The normalized spacial score (nSPS) is 10.1. The third-order valence-electron chi connectivity index (χ3n) is 1.68. The molecule has 0 aliphatic rings. The van der Waals surface area contributed by atoms with Gasteiger partial charge in [0.05, 0.1) is 0 Å². The van der Waals surface area contributed by atoms with Crippen LogP contribution in [0.25, 0.3) is 11.1 Å². The Morgan fingerprint density at radius 1 is 1.08 bits per heavy atom. The summed E-state index contributed by atoms with van der Waals surface area (Å²) in [6, 6.07) is 10.1. The molecule has 0 unspecified atom stereocenters. The summed E-state index contributed by atoms with van der Waals surface area (Å²) >= 11 is 6.43. The SMILES string of the molecule is Clc1cccc(-c2cc[se]c2)c1. The van der Waals surface area contributed by atoms with Crippen LogP contribution < -0.4 is 0 Å². The molecule has 0 saturated heterocycles. The molecule has 2 rings (SSSR count). The molecule has 0 fully saturated rings. The summed E-state index contributed by atoms with van der Waals surface area (Å²) < 4.78 is 0. The Hall–Kier alpha value is -0.491. The molecule has 2 aromatic rings. The Balaban J connectivity index is 2.48. The van der Waals surface area contributed by atoms with Gasteiger partial charge in [-0.15, -0.1) is 0 Å². The molecular formula is C10H7ClSe. The van der Waals surface area contributed by atoms with Crippen LogP contribution in [0.15, 0.2) is 40.2 Å². The summed E-state index contributed by atoms with van der Waals surface area (Å²) in [5.74, 6) is 0. The van der Waals surface area contributed by atoms with Crippen molar-refractivity contribution in [2.75, 3.05) is 0 Å². The van der Waals surface area contributed by atoms with E-state index in [2.05, 4.69) is 22.0 Å². The summed E-state index contributed by atoms with van der Waals surface area (Å²) in [6.07, 6.45) is 0. The first-order chi connectivity index (χ1) is 5.86. The summed E-state index contributed by atoms with van der Waals surface area (Å²) in [4.78, 5) is 4.47. The predicted octanol–water partition coefficient (Wildman–Crippen LogP) is 3.06. The van der Waals surface area contributed by atoms with Gasteiger partial charge in [-0.3, -0.25) is 0 Å². The van der Waals surface area contributed by atoms with Crippen molar-refractivity contribution < 1.29 is 0 Å². The molecule has 0 saturated carbocycles. The van der Waals surface area contributed by atoms with Gasteiger partial charge in [0.15, 0.2) is 0 Å². The zero-order valence-electron chi connectivity index (χ0n) is 6.33. The monoisotopic (exact) mass is 242 g/mol. The number of halogens is 1. The van der Waals surface area contributed by atoms with Crippen LogP contribution in [0.2, 0.25) is 5.02 Å². The molecule has 0 radical (unpaired) electrons. The van der Waals surface area contributed by atoms with E-state index in [9.17, 15) is 0 Å². The van der Waals surface area contributed by atoms with Gasteiger partial charge in [-0.2, -0.15) is 0 Å². The van der Waals surface area contributed by atoms with Crippen molar-refractivity contribution in [1.29, 1.82) is 0 Å². The first-order valence-corrected chi connectivity index (χ1v) is 6.00. The van der Waals surface area contributed by atoms with Crippen LogP contribution in [0, 0.1) is 0 Å². The topological polar surface area (TPSA) is 0 Å². The van der Waals surface area contributed by atoms with E-state index in [1.807, 2.05) is 18.2 Å². The van der Waals surface area contributed by atoms with Crippen molar-refractivity contribution in [2.24, 2.45) is 0 Å². The summed E-state index contributed by atoms with van der Waals surface area (Å²) in [6.45, 7) is 0. The van der Waals surface area contributed by atoms with Crippen LogP contribution in [-0.2, 0) is 0 Å². The van der Waals surface area contributed by atoms with Gasteiger partial charge in [-0.05, 0) is 0 Å². The molecule has 0 aliphatic heterocycles. The van der Waals surface area contributed by atoms with Gasteiger partial charge in [0.1, 0.15) is 0 Å². The van der Waals surface area contributed by atoms with Crippen LogP contribution in [0.3, 0.4) is 0 Å². The van der Waals surface area contributed by atoms with Crippen LogP contribution in [0.1, 0.15) is 0 Å². The molecule has 1 aromatic carbocycles. The van der Waals surface area contributed by atoms with Crippen molar-refractivity contribution in [2.45, 2.75) is 0 Å². The first-order valence-electron chi connectivity index (χ1n) is 3.64. The second kappa shape index (κ2) is 3.49. The summed E-state index contributed by atoms with van der Waals surface area (Å²) in [5, 5.41) is 0.807. The van der Waals surface area contributed by atoms with Gasteiger partial charge in [-0.25, -0.2) is 0 Å². The number of hydrogen-bond donors (Lipinski definition) is 0. The van der Waals surface area contributed by atoms with E-state index >= 15 is 0 Å². The average Bonchev–Trinajstić information content (AvgIpc) is 2.56. The van der Waals surface area contributed by atoms with Gasteiger partial charge in [0.2, 0.25) is 0 Å². The molecule has 12 heavy (non-hydrogen) atoms. The Bertz CT molecular complexity index is 365. The zero-order valence-corrected chi connectivity index (χ0v) is 8.80. The Morgan fingerprint density at radius 2 is 2.00 bits per heavy atom. The van der Waals surface area contributed by atoms with Crippen molar-refractivity contribution in [3.8, 4) is 11.1 Å². The third-order valence-corrected chi connectivity index (χ3v) is 3.35. The van der Waals surface area contributed by atoms with Gasteiger partial charge < -0.3 is 0 Å². The zero-order chi connectivity index (χ0) is 8.39. The molecular weight excluding hydrogens is 235 g/mol. The maximum absolute atomic E-state index is 5.88. The van der Waals surface area contributed by atoms with Gasteiger partial charge in [0.25, 0.3) is 0 Å². The van der Waals surface area contributed by atoms with E-state index in [1.54, 1.807) is 0 Å². The second-order valence-electron chi connectivity index (χ2n) is 2.52. The Kier molecular flexibility index (Phi) is 2.36. The van der Waals surface area contributed by atoms with Crippen molar-refractivity contribution in [3.05, 3.63) is 45.2 Å². The van der Waals surface area contributed by atoms with Gasteiger partial charge in [0, 0.05) is 0 Å². The predicted molar refractivity (Wildman–Crippen MR) is 53.8 cm³/mol. The minimum absolute atomic E-state index is 0.553. The van der Waals surface area contributed by atoms with Crippen molar-refractivity contribution in [3.63, 3.8) is 0 Å². The molecule has 1 aromatic heterocycles. The van der Waals surface area contributed by atoms with E-state index < -0.39 is 0 Å². The number of benzene rings is 1. The molecule has 0 aliphatic carbocycles. The molecule has 0 nitrogen and oxygen atoms in total. The van der Waals surface area contributed by atoms with Crippen LogP contribution in [0.5, 0.6) is 0 Å². The van der Waals surface area contributed by atoms with Gasteiger partial charge >= 0.3 is 82.5 Å². The first kappa shape index (κ1) is 8.12. The number of hydrogen-bond acceptors (Lipinski definition) is 0. The van der Waals surface area contributed by atoms with Crippen molar-refractivity contribution >= 4 is 26.1 Å². The fraction of sp³-hybridized carbons (Fsp3) is 0. The third kappa shape index (κ3) is 1.64. The fourth-order valence-corrected chi connectivity index (χ4v) is 2.68. The molecule has 0 atom stereocenters. The van der Waals surface area contributed by atoms with Crippen LogP contribution >= 0.6 is 11.6 Å². The Morgan fingerprint density at radius 3 is 2.67 bits per heavy atom. The van der Waals surface area contributed by atoms with E-state index in [0.29, 0.717) is 14.5 Å². The average molecular weight is 242 g/mol. The van der Waals surface area contributed by atoms with E-state index in [0.717, 1.165) is 5.02 Å². The number of rotatable bonds is 1. The van der Waals surface area contributed by atoms with Crippen LogP contribution in [0.4, 0.5) is 0 Å². The van der Waals surface area contributed by atoms with Gasteiger partial charge in [-0.1, -0.05) is 0 Å². The summed E-state index contributed by atoms with van der Waals surface area (Å²) in [5.41, 5.74) is 2.52. The standard InChI is InChI=1S/C10H7ClSe/c11-10-3-1-2-8(6-10)9-4-5-12-7-9/h1-7H.